The number of carbonyl (C=O) groups excluding carboxylic acids is 1. The number of nitrogens with zero attached hydrogens (tertiary/aromatic N) is 1. The standard InChI is InChI=1S/C23H30N2O4/c1-5-18(25-11-10-16-8-6-7-9-17(16)15-25)14-24-23(26)19-12-21(28-3)22(29-4)13-20(19)27-2/h6-9,12-13,18H,5,10-11,14-15H2,1-4H3,(H,24,26). The Labute approximate surface area is 172 Å². The summed E-state index contributed by atoms with van der Waals surface area (Å²) in [4.78, 5) is 15.3. The average molecular weight is 399 g/mol. The molecule has 2 aromatic carbocycles. The number of amides is 1. The monoisotopic (exact) mass is 398 g/mol. The Morgan fingerprint density at radius 3 is 2.34 bits per heavy atom. The molecule has 1 amide bonds. The number of ether oxygens (including phenoxy) is 3. The summed E-state index contributed by atoms with van der Waals surface area (Å²) in [5.74, 6) is 1.30. The Bertz CT molecular complexity index is 853. The van der Waals surface area contributed by atoms with E-state index in [0.717, 1.165) is 25.9 Å². The summed E-state index contributed by atoms with van der Waals surface area (Å²) in [5.41, 5.74) is 3.24. The third-order valence-electron chi connectivity index (χ3n) is 5.60. The van der Waals surface area contributed by atoms with Crippen molar-refractivity contribution in [2.75, 3.05) is 34.4 Å². The van der Waals surface area contributed by atoms with E-state index in [1.807, 2.05) is 0 Å². The Hall–Kier alpha value is -2.73. The van der Waals surface area contributed by atoms with Crippen molar-refractivity contribution < 1.29 is 19.0 Å². The van der Waals surface area contributed by atoms with Crippen molar-refractivity contribution in [3.8, 4) is 17.2 Å². The molecule has 1 aliphatic heterocycles. The van der Waals surface area contributed by atoms with E-state index in [1.54, 1.807) is 26.4 Å². The zero-order chi connectivity index (χ0) is 20.8. The first-order valence-electron chi connectivity index (χ1n) is 10.00. The van der Waals surface area contributed by atoms with Crippen LogP contribution >= 0.6 is 0 Å². The van der Waals surface area contributed by atoms with Crippen LogP contribution in [-0.2, 0) is 13.0 Å². The molecule has 0 saturated heterocycles. The van der Waals surface area contributed by atoms with Gasteiger partial charge in [0.1, 0.15) is 5.75 Å². The molecule has 2 aromatic rings. The lowest BCUT2D eigenvalue weighted by atomic mass is 9.98. The molecule has 6 heteroatoms. The Morgan fingerprint density at radius 2 is 1.69 bits per heavy atom. The predicted octanol–water partition coefficient (Wildman–Crippen LogP) is 3.28. The molecule has 0 aliphatic carbocycles. The van der Waals surface area contributed by atoms with Crippen LogP contribution in [0.1, 0.15) is 34.8 Å². The van der Waals surface area contributed by atoms with Crippen molar-refractivity contribution >= 4 is 5.91 Å². The molecule has 1 unspecified atom stereocenters. The number of methoxy groups -OCH3 is 3. The second-order valence-corrected chi connectivity index (χ2v) is 7.17. The number of hydrogen-bond donors (Lipinski definition) is 1. The smallest absolute Gasteiger partial charge is 0.255 e. The van der Waals surface area contributed by atoms with Crippen LogP contribution in [0, 0.1) is 0 Å². The lowest BCUT2D eigenvalue weighted by molar-refractivity contribution is 0.0922. The lowest BCUT2D eigenvalue weighted by Crippen LogP contribution is -2.45. The van der Waals surface area contributed by atoms with Gasteiger partial charge in [-0.2, -0.15) is 0 Å². The van der Waals surface area contributed by atoms with E-state index >= 15 is 0 Å². The first-order chi connectivity index (χ1) is 14.1. The second kappa shape index (κ2) is 9.65. The summed E-state index contributed by atoms with van der Waals surface area (Å²) in [7, 11) is 4.64. The van der Waals surface area contributed by atoms with Crippen molar-refractivity contribution in [3.63, 3.8) is 0 Å². The first kappa shape index (κ1) is 21.0. The van der Waals surface area contributed by atoms with Gasteiger partial charge in [0.25, 0.3) is 5.91 Å². The van der Waals surface area contributed by atoms with Gasteiger partial charge in [-0.15, -0.1) is 0 Å². The Kier molecular flexibility index (Phi) is 6.99. The van der Waals surface area contributed by atoms with Crippen LogP contribution in [0.4, 0.5) is 0 Å². The molecular formula is C23H30N2O4. The van der Waals surface area contributed by atoms with Gasteiger partial charge < -0.3 is 19.5 Å². The van der Waals surface area contributed by atoms with Crippen molar-refractivity contribution in [2.24, 2.45) is 0 Å². The van der Waals surface area contributed by atoms with E-state index in [9.17, 15) is 4.79 Å². The van der Waals surface area contributed by atoms with Crippen molar-refractivity contribution in [1.29, 1.82) is 0 Å². The number of nitrogens with one attached hydrogen (secondary N) is 1. The van der Waals surface area contributed by atoms with Crippen molar-refractivity contribution in [2.45, 2.75) is 32.4 Å². The first-order valence-corrected chi connectivity index (χ1v) is 10.00. The van der Waals surface area contributed by atoms with Gasteiger partial charge in [-0.3, -0.25) is 9.69 Å². The van der Waals surface area contributed by atoms with Gasteiger partial charge in [-0.25, -0.2) is 0 Å². The summed E-state index contributed by atoms with van der Waals surface area (Å²) < 4.78 is 16.0. The lowest BCUT2D eigenvalue weighted by Gasteiger charge is -2.35. The molecule has 29 heavy (non-hydrogen) atoms. The van der Waals surface area contributed by atoms with Gasteiger partial charge in [0.2, 0.25) is 0 Å². The van der Waals surface area contributed by atoms with Gasteiger partial charge in [0.15, 0.2) is 11.5 Å². The fourth-order valence-corrected chi connectivity index (χ4v) is 3.87. The third-order valence-corrected chi connectivity index (χ3v) is 5.60. The Balaban J connectivity index is 1.69. The van der Waals surface area contributed by atoms with E-state index in [4.69, 9.17) is 14.2 Å². The summed E-state index contributed by atoms with van der Waals surface area (Å²) in [6.07, 6.45) is 2.01. The topological polar surface area (TPSA) is 60.0 Å². The van der Waals surface area contributed by atoms with Crippen molar-refractivity contribution in [3.05, 3.63) is 53.1 Å². The number of hydrogen-bond acceptors (Lipinski definition) is 5. The number of fused-ring (bicyclic) bond motifs is 1. The molecule has 0 spiro atoms. The van der Waals surface area contributed by atoms with Crippen LogP contribution in [0.2, 0.25) is 0 Å². The summed E-state index contributed by atoms with van der Waals surface area (Å²) >= 11 is 0. The number of benzene rings is 2. The highest BCUT2D eigenvalue weighted by atomic mass is 16.5. The summed E-state index contributed by atoms with van der Waals surface area (Å²) in [6.45, 7) is 4.67. The minimum Gasteiger partial charge on any atom is -0.496 e. The van der Waals surface area contributed by atoms with Crippen LogP contribution in [-0.4, -0.2) is 51.3 Å². The highest BCUT2D eigenvalue weighted by molar-refractivity contribution is 5.97. The maximum atomic E-state index is 12.9. The molecule has 1 heterocycles. The van der Waals surface area contributed by atoms with E-state index in [0.29, 0.717) is 29.4 Å². The maximum absolute atomic E-state index is 12.9. The van der Waals surface area contributed by atoms with Gasteiger partial charge in [0.05, 0.1) is 26.9 Å². The molecule has 1 aliphatic rings. The van der Waals surface area contributed by atoms with E-state index in [-0.39, 0.29) is 11.9 Å². The normalized spacial score (nSPS) is 14.6. The predicted molar refractivity (Wildman–Crippen MR) is 113 cm³/mol. The Morgan fingerprint density at radius 1 is 1.03 bits per heavy atom. The zero-order valence-electron chi connectivity index (χ0n) is 17.7. The maximum Gasteiger partial charge on any atom is 0.255 e. The highest BCUT2D eigenvalue weighted by Gasteiger charge is 2.24. The average Bonchev–Trinajstić information content (AvgIpc) is 2.78. The zero-order valence-corrected chi connectivity index (χ0v) is 17.7. The fraction of sp³-hybridized carbons (Fsp3) is 0.435. The van der Waals surface area contributed by atoms with E-state index < -0.39 is 0 Å². The molecule has 156 valence electrons. The molecule has 0 aromatic heterocycles. The van der Waals surface area contributed by atoms with Crippen LogP contribution in [0.25, 0.3) is 0 Å². The second-order valence-electron chi connectivity index (χ2n) is 7.17. The number of carbonyl (C=O) groups is 1. The largest absolute Gasteiger partial charge is 0.496 e. The third kappa shape index (κ3) is 4.65. The van der Waals surface area contributed by atoms with Crippen LogP contribution in [0.5, 0.6) is 17.2 Å². The van der Waals surface area contributed by atoms with Gasteiger partial charge >= 0.3 is 0 Å². The minimum atomic E-state index is -0.182. The molecule has 0 fully saturated rings. The molecule has 1 atom stereocenters. The molecule has 1 N–H and O–H groups in total. The number of rotatable bonds is 8. The quantitative estimate of drug-likeness (QED) is 0.740. The van der Waals surface area contributed by atoms with Crippen LogP contribution in [0.15, 0.2) is 36.4 Å². The van der Waals surface area contributed by atoms with Crippen molar-refractivity contribution in [1.82, 2.24) is 10.2 Å². The summed E-state index contributed by atoms with van der Waals surface area (Å²) in [5, 5.41) is 3.08. The van der Waals surface area contributed by atoms with Gasteiger partial charge in [-0.1, -0.05) is 31.2 Å². The molecular weight excluding hydrogens is 368 g/mol. The minimum absolute atomic E-state index is 0.182. The SMILES string of the molecule is CCC(CNC(=O)c1cc(OC)c(OC)cc1OC)N1CCc2ccccc2C1. The fourth-order valence-electron chi connectivity index (χ4n) is 3.87. The van der Waals surface area contributed by atoms with E-state index in [2.05, 4.69) is 41.4 Å². The van der Waals surface area contributed by atoms with Crippen LogP contribution in [0.3, 0.4) is 0 Å². The van der Waals surface area contributed by atoms with Gasteiger partial charge in [-0.05, 0) is 24.0 Å². The highest BCUT2D eigenvalue weighted by Crippen LogP contribution is 2.34. The summed E-state index contributed by atoms with van der Waals surface area (Å²) in [6, 6.07) is 12.2. The molecule has 0 saturated carbocycles. The van der Waals surface area contributed by atoms with E-state index in [1.165, 1.54) is 18.2 Å². The molecule has 6 nitrogen and oxygen atoms in total. The molecule has 3 rings (SSSR count). The molecule has 0 bridgehead atoms. The van der Waals surface area contributed by atoms with Gasteiger partial charge in [0, 0.05) is 37.8 Å². The molecule has 0 radical (unpaired) electrons. The van der Waals surface area contributed by atoms with Crippen LogP contribution < -0.4 is 19.5 Å².